The molecule has 0 unspecified atom stereocenters. The average Bonchev–Trinajstić information content (AvgIpc) is 2.69. The molecule has 1 amide bonds. The number of hydrogen-bond acceptors (Lipinski definition) is 3. The smallest absolute Gasteiger partial charge is 0.240 e. The first-order valence-corrected chi connectivity index (χ1v) is 7.53. The lowest BCUT2D eigenvalue weighted by atomic mass is 10.2. The summed E-state index contributed by atoms with van der Waals surface area (Å²) in [5.41, 5.74) is 7.64. The van der Waals surface area contributed by atoms with E-state index in [4.69, 9.17) is 5.73 Å². The highest BCUT2D eigenvalue weighted by atomic mass is 35.5. The van der Waals surface area contributed by atoms with Gasteiger partial charge in [0.25, 0.3) is 0 Å². The van der Waals surface area contributed by atoms with E-state index in [0.717, 1.165) is 12.2 Å². The zero-order valence-corrected chi connectivity index (χ0v) is 14.7. The summed E-state index contributed by atoms with van der Waals surface area (Å²) in [7, 11) is 0. The molecule has 0 bridgehead atoms. The summed E-state index contributed by atoms with van der Waals surface area (Å²) in [5, 5.41) is 2.80. The number of benzene rings is 1. The van der Waals surface area contributed by atoms with Crippen molar-refractivity contribution in [3.63, 3.8) is 0 Å². The Morgan fingerprint density at radius 3 is 2.18 bits per heavy atom. The number of hydrogen-bond donors (Lipinski definition) is 2. The van der Waals surface area contributed by atoms with Gasteiger partial charge in [0.2, 0.25) is 5.91 Å². The minimum Gasteiger partial charge on any atom is -0.325 e. The van der Waals surface area contributed by atoms with Crippen molar-refractivity contribution in [3.8, 4) is 0 Å². The Hall–Kier alpha value is -0.810. The standard InChI is InChI=1S/C16H25N3O.2ClH/c1-13(17)16(20)18-15-8-6-14(7-9-15)12-19-10-4-2-3-5-11-19;;/h6-9,13H,2-5,10-12,17H2,1H3,(H,18,20);2*1H/t13-;;/m1../s1. The highest BCUT2D eigenvalue weighted by Crippen LogP contribution is 2.15. The monoisotopic (exact) mass is 347 g/mol. The highest BCUT2D eigenvalue weighted by molar-refractivity contribution is 5.94. The van der Waals surface area contributed by atoms with Crippen LogP contribution in [-0.2, 0) is 11.3 Å². The molecule has 1 atom stereocenters. The fourth-order valence-electron chi connectivity index (χ4n) is 2.50. The number of anilines is 1. The van der Waals surface area contributed by atoms with Crippen LogP contribution in [0.2, 0.25) is 0 Å². The van der Waals surface area contributed by atoms with E-state index in [1.54, 1.807) is 6.92 Å². The van der Waals surface area contributed by atoms with Crippen molar-refractivity contribution in [3.05, 3.63) is 29.8 Å². The predicted molar refractivity (Wildman–Crippen MR) is 97.0 cm³/mol. The average molecular weight is 348 g/mol. The minimum atomic E-state index is -0.480. The largest absolute Gasteiger partial charge is 0.325 e. The summed E-state index contributed by atoms with van der Waals surface area (Å²) in [5.74, 6) is -0.148. The SMILES string of the molecule is C[C@@H](N)C(=O)Nc1ccc(CN2CCCCCC2)cc1.Cl.Cl. The normalized spacial score (nSPS) is 16.6. The van der Waals surface area contributed by atoms with Crippen molar-refractivity contribution in [1.82, 2.24) is 4.90 Å². The first kappa shape index (κ1) is 21.2. The molecule has 1 aromatic carbocycles. The van der Waals surface area contributed by atoms with E-state index in [1.807, 2.05) is 12.1 Å². The van der Waals surface area contributed by atoms with Crippen LogP contribution < -0.4 is 11.1 Å². The Balaban J connectivity index is 0.00000220. The Labute approximate surface area is 145 Å². The van der Waals surface area contributed by atoms with Crippen LogP contribution in [0, 0.1) is 0 Å². The van der Waals surface area contributed by atoms with E-state index >= 15 is 0 Å². The van der Waals surface area contributed by atoms with Gasteiger partial charge in [0.05, 0.1) is 6.04 Å². The highest BCUT2D eigenvalue weighted by Gasteiger charge is 2.10. The van der Waals surface area contributed by atoms with Gasteiger partial charge in [0, 0.05) is 12.2 Å². The van der Waals surface area contributed by atoms with Gasteiger partial charge < -0.3 is 11.1 Å². The lowest BCUT2D eigenvalue weighted by Gasteiger charge is -2.19. The molecule has 4 nitrogen and oxygen atoms in total. The first-order valence-electron chi connectivity index (χ1n) is 7.53. The van der Waals surface area contributed by atoms with Crippen LogP contribution in [0.5, 0.6) is 0 Å². The number of nitrogens with zero attached hydrogens (tertiary/aromatic N) is 1. The molecule has 1 aromatic rings. The van der Waals surface area contributed by atoms with Gasteiger partial charge >= 0.3 is 0 Å². The number of amides is 1. The molecule has 1 aliphatic heterocycles. The predicted octanol–water partition coefficient (Wildman–Crippen LogP) is 3.19. The summed E-state index contributed by atoms with van der Waals surface area (Å²) in [4.78, 5) is 14.0. The molecule has 0 aliphatic carbocycles. The number of halogens is 2. The molecule has 1 aliphatic rings. The fraction of sp³-hybridized carbons (Fsp3) is 0.562. The number of likely N-dealkylation sites (tertiary alicyclic amines) is 1. The summed E-state index contributed by atoms with van der Waals surface area (Å²) in [6.07, 6.45) is 5.34. The minimum absolute atomic E-state index is 0. The second kappa shape index (κ2) is 10.8. The van der Waals surface area contributed by atoms with Crippen molar-refractivity contribution in [2.75, 3.05) is 18.4 Å². The van der Waals surface area contributed by atoms with Crippen LogP contribution in [0.25, 0.3) is 0 Å². The third kappa shape index (κ3) is 6.97. The van der Waals surface area contributed by atoms with Crippen LogP contribution in [0.1, 0.15) is 38.2 Å². The van der Waals surface area contributed by atoms with Crippen molar-refractivity contribution in [2.24, 2.45) is 5.73 Å². The van der Waals surface area contributed by atoms with E-state index < -0.39 is 6.04 Å². The molecule has 1 saturated heterocycles. The van der Waals surface area contributed by atoms with Gasteiger partial charge in [0.15, 0.2) is 0 Å². The van der Waals surface area contributed by atoms with Gasteiger partial charge in [0.1, 0.15) is 0 Å². The van der Waals surface area contributed by atoms with Crippen molar-refractivity contribution >= 4 is 36.4 Å². The quantitative estimate of drug-likeness (QED) is 0.879. The Morgan fingerprint density at radius 1 is 1.14 bits per heavy atom. The third-order valence-electron chi connectivity index (χ3n) is 3.74. The maximum Gasteiger partial charge on any atom is 0.240 e. The van der Waals surface area contributed by atoms with Crippen LogP contribution >= 0.6 is 24.8 Å². The van der Waals surface area contributed by atoms with Gasteiger partial charge in [-0.1, -0.05) is 25.0 Å². The van der Waals surface area contributed by atoms with Gasteiger partial charge in [-0.05, 0) is 50.6 Å². The lowest BCUT2D eigenvalue weighted by molar-refractivity contribution is -0.117. The van der Waals surface area contributed by atoms with E-state index in [-0.39, 0.29) is 30.7 Å². The molecule has 3 N–H and O–H groups in total. The number of nitrogens with two attached hydrogens (primary N) is 1. The van der Waals surface area contributed by atoms with Crippen LogP contribution in [0.3, 0.4) is 0 Å². The molecule has 0 aromatic heterocycles. The van der Waals surface area contributed by atoms with E-state index in [9.17, 15) is 4.79 Å². The Morgan fingerprint density at radius 2 is 1.68 bits per heavy atom. The van der Waals surface area contributed by atoms with E-state index in [0.29, 0.717) is 0 Å². The Kier molecular flexibility index (Phi) is 10.4. The molecular weight excluding hydrogens is 321 g/mol. The zero-order valence-electron chi connectivity index (χ0n) is 13.1. The molecule has 0 saturated carbocycles. The number of rotatable bonds is 4. The summed E-state index contributed by atoms with van der Waals surface area (Å²) in [6, 6.07) is 7.59. The zero-order chi connectivity index (χ0) is 14.4. The number of nitrogens with one attached hydrogen (secondary N) is 1. The molecule has 1 heterocycles. The van der Waals surface area contributed by atoms with Crippen molar-refractivity contribution in [1.29, 1.82) is 0 Å². The van der Waals surface area contributed by atoms with Crippen LogP contribution in [0.4, 0.5) is 5.69 Å². The Bertz CT molecular complexity index is 430. The van der Waals surface area contributed by atoms with Crippen molar-refractivity contribution < 1.29 is 4.79 Å². The van der Waals surface area contributed by atoms with Crippen LogP contribution in [0.15, 0.2) is 24.3 Å². The molecular formula is C16H27Cl2N3O. The number of carbonyl (C=O) groups excluding carboxylic acids is 1. The molecule has 2 rings (SSSR count). The van der Waals surface area contributed by atoms with E-state index in [1.165, 1.54) is 44.3 Å². The van der Waals surface area contributed by atoms with Crippen LogP contribution in [-0.4, -0.2) is 29.9 Å². The lowest BCUT2D eigenvalue weighted by Crippen LogP contribution is -2.32. The third-order valence-corrected chi connectivity index (χ3v) is 3.74. The van der Waals surface area contributed by atoms with Gasteiger partial charge in [-0.25, -0.2) is 0 Å². The fourth-order valence-corrected chi connectivity index (χ4v) is 2.50. The molecule has 0 spiro atoms. The molecule has 126 valence electrons. The van der Waals surface area contributed by atoms with Gasteiger partial charge in [-0.3, -0.25) is 9.69 Å². The maximum absolute atomic E-state index is 11.5. The molecule has 0 radical (unpaired) electrons. The van der Waals surface area contributed by atoms with Gasteiger partial charge in [-0.15, -0.1) is 24.8 Å². The van der Waals surface area contributed by atoms with E-state index in [2.05, 4.69) is 22.3 Å². The molecule has 6 heteroatoms. The topological polar surface area (TPSA) is 58.4 Å². The van der Waals surface area contributed by atoms with Gasteiger partial charge in [-0.2, -0.15) is 0 Å². The van der Waals surface area contributed by atoms with Crippen molar-refractivity contribution in [2.45, 2.75) is 45.2 Å². The second-order valence-corrected chi connectivity index (χ2v) is 5.67. The first-order chi connectivity index (χ1) is 9.65. The maximum atomic E-state index is 11.5. The summed E-state index contributed by atoms with van der Waals surface area (Å²) < 4.78 is 0. The second-order valence-electron chi connectivity index (χ2n) is 5.67. The summed E-state index contributed by atoms with van der Waals surface area (Å²) >= 11 is 0. The molecule has 1 fully saturated rings. The summed E-state index contributed by atoms with van der Waals surface area (Å²) in [6.45, 7) is 5.08. The number of carbonyl (C=O) groups is 1. The molecule has 22 heavy (non-hydrogen) atoms.